The summed E-state index contributed by atoms with van der Waals surface area (Å²) in [5.74, 6) is 0.574. The average Bonchev–Trinajstić information content (AvgIpc) is 2.91. The molecule has 0 aromatic heterocycles. The maximum atomic E-state index is 11.0. The van der Waals surface area contributed by atoms with Crippen molar-refractivity contribution in [3.05, 3.63) is 94.0 Å². The number of nitrogens with zero attached hydrogens (tertiary/aromatic N) is 2. The fourth-order valence-corrected chi connectivity index (χ4v) is 5.53. The summed E-state index contributed by atoms with van der Waals surface area (Å²) in [5, 5.41) is 23.9. The van der Waals surface area contributed by atoms with E-state index in [0.29, 0.717) is 0 Å². The number of hydrogen-bond donors (Lipinski definition) is 2. The summed E-state index contributed by atoms with van der Waals surface area (Å²) in [6.07, 6.45) is 6.87. The lowest BCUT2D eigenvalue weighted by molar-refractivity contribution is 0.410. The van der Waals surface area contributed by atoms with Gasteiger partial charge in [-0.1, -0.05) is 91.8 Å². The zero-order chi connectivity index (χ0) is 30.7. The highest BCUT2D eigenvalue weighted by atomic mass is 16.3. The molecule has 4 aromatic rings. The van der Waals surface area contributed by atoms with Crippen LogP contribution in [0.2, 0.25) is 0 Å². The van der Waals surface area contributed by atoms with Crippen LogP contribution < -0.4 is 0 Å². The Morgan fingerprint density at radius 2 is 1.02 bits per heavy atom. The fraction of sp³-hybridized carbons (Fsp3) is 0.368. The molecule has 0 saturated heterocycles. The molecule has 0 aliphatic rings. The molecule has 0 atom stereocenters. The van der Waals surface area contributed by atoms with Crippen molar-refractivity contribution < 1.29 is 10.2 Å². The number of phenolic OH excluding ortho intramolecular Hbond substituents is 2. The molecule has 220 valence electrons. The first-order chi connectivity index (χ1) is 19.8. The molecule has 42 heavy (non-hydrogen) atoms. The minimum absolute atomic E-state index is 0.136. The molecule has 0 aliphatic heterocycles. The topological polar surface area (TPSA) is 65.2 Å². The fourth-order valence-electron chi connectivity index (χ4n) is 5.53. The predicted octanol–water partition coefficient (Wildman–Crippen LogP) is 10.1. The van der Waals surface area contributed by atoms with Crippen molar-refractivity contribution in [2.75, 3.05) is 0 Å². The number of aryl methyl sites for hydroxylation is 2. The summed E-state index contributed by atoms with van der Waals surface area (Å²) in [6.45, 7) is 17.5. The van der Waals surface area contributed by atoms with Crippen LogP contribution in [0, 0.1) is 10.8 Å². The van der Waals surface area contributed by atoms with Gasteiger partial charge < -0.3 is 10.2 Å². The number of aliphatic imine (C=N–C) groups is 2. The predicted molar refractivity (Wildman–Crippen MR) is 180 cm³/mol. The molecule has 0 aliphatic carbocycles. The van der Waals surface area contributed by atoms with Gasteiger partial charge in [-0.25, -0.2) is 0 Å². The van der Waals surface area contributed by atoms with Gasteiger partial charge in [0.2, 0.25) is 0 Å². The third-order valence-corrected chi connectivity index (χ3v) is 7.33. The Kier molecular flexibility index (Phi) is 9.25. The van der Waals surface area contributed by atoms with Crippen molar-refractivity contribution in [1.82, 2.24) is 0 Å². The van der Waals surface area contributed by atoms with Crippen LogP contribution in [0.1, 0.15) is 88.8 Å². The molecule has 4 heteroatoms. The first-order valence-electron chi connectivity index (χ1n) is 15.1. The number of hydrogen-bond acceptors (Lipinski definition) is 4. The Hall–Kier alpha value is -3.92. The largest absolute Gasteiger partial charge is 0.507 e. The lowest BCUT2D eigenvalue weighted by Gasteiger charge is -2.19. The average molecular weight is 563 g/mol. The molecule has 0 spiro atoms. The quantitative estimate of drug-likeness (QED) is 0.210. The normalized spacial score (nSPS) is 12.7. The Morgan fingerprint density at radius 3 is 1.38 bits per heavy atom. The highest BCUT2D eigenvalue weighted by molar-refractivity contribution is 6.04. The number of fused-ring (bicyclic) bond motifs is 1. The minimum Gasteiger partial charge on any atom is -0.507 e. The molecule has 0 bridgehead atoms. The van der Waals surface area contributed by atoms with E-state index in [1.165, 1.54) is 11.1 Å². The number of rotatable bonds is 8. The van der Waals surface area contributed by atoms with Crippen LogP contribution in [-0.2, 0) is 25.7 Å². The molecule has 0 heterocycles. The Labute approximate surface area is 251 Å². The van der Waals surface area contributed by atoms with Crippen LogP contribution in [0.3, 0.4) is 0 Å². The van der Waals surface area contributed by atoms with Gasteiger partial charge in [-0.2, -0.15) is 0 Å². The van der Waals surface area contributed by atoms with Crippen LogP contribution in [0.5, 0.6) is 11.5 Å². The molecule has 0 saturated carbocycles. The summed E-state index contributed by atoms with van der Waals surface area (Å²) in [5.41, 5.74) is 7.53. The van der Waals surface area contributed by atoms with Crippen molar-refractivity contribution in [3.63, 3.8) is 0 Å². The van der Waals surface area contributed by atoms with E-state index >= 15 is 0 Å². The lowest BCUT2D eigenvalue weighted by Crippen LogP contribution is -2.10. The minimum atomic E-state index is 0.136. The smallest absolute Gasteiger partial charge is 0.127 e. The summed E-state index contributed by atoms with van der Waals surface area (Å²) < 4.78 is 0. The van der Waals surface area contributed by atoms with E-state index in [-0.39, 0.29) is 22.3 Å². The second-order valence-electron chi connectivity index (χ2n) is 13.7. The van der Waals surface area contributed by atoms with E-state index < -0.39 is 0 Å². The third-order valence-electron chi connectivity index (χ3n) is 7.33. The highest BCUT2D eigenvalue weighted by Gasteiger charge is 2.16. The molecular weight excluding hydrogens is 516 g/mol. The van der Waals surface area contributed by atoms with Crippen LogP contribution in [0.15, 0.2) is 70.6 Å². The monoisotopic (exact) mass is 562 g/mol. The van der Waals surface area contributed by atoms with Gasteiger partial charge in [-0.3, -0.25) is 9.98 Å². The SMILES string of the molecule is CCc1cc(CC(C)(C)C)cc(C=Nc2cccc3cccc(N=Cc4cc(CC(C)(C)C)cc(CC)c4O)c23)c1O. The first-order valence-corrected chi connectivity index (χ1v) is 15.1. The molecule has 0 amide bonds. The standard InChI is InChI=1S/C38H46N2O2/c1-9-27-17-25(21-37(3,4)5)19-30(35(27)41)23-39-32-15-11-13-29-14-12-16-33(34(29)32)40-24-31-20-26(22-38(6,7)8)18-28(10-2)36(31)42/h11-20,23-24,41-42H,9-10,21-22H2,1-8H3. The zero-order valence-corrected chi connectivity index (χ0v) is 26.5. The van der Waals surface area contributed by atoms with Crippen molar-refractivity contribution >= 4 is 34.6 Å². The Balaban J connectivity index is 1.77. The number of aromatic hydroxyl groups is 2. The van der Waals surface area contributed by atoms with Crippen LogP contribution in [-0.4, -0.2) is 22.6 Å². The first kappa shape index (κ1) is 31.0. The summed E-state index contributed by atoms with van der Waals surface area (Å²) in [7, 11) is 0. The van der Waals surface area contributed by atoms with Gasteiger partial charge in [0.15, 0.2) is 0 Å². The van der Waals surface area contributed by atoms with Gasteiger partial charge in [0.1, 0.15) is 11.5 Å². The van der Waals surface area contributed by atoms with Crippen LogP contribution in [0.25, 0.3) is 10.8 Å². The van der Waals surface area contributed by atoms with Crippen molar-refractivity contribution in [2.24, 2.45) is 20.8 Å². The van der Waals surface area contributed by atoms with E-state index in [2.05, 4.69) is 79.7 Å². The Morgan fingerprint density at radius 1 is 0.619 bits per heavy atom. The van der Waals surface area contributed by atoms with Gasteiger partial charge in [-0.15, -0.1) is 0 Å². The Bertz CT molecular complexity index is 1510. The molecule has 2 N–H and O–H groups in total. The van der Waals surface area contributed by atoms with Gasteiger partial charge in [0, 0.05) is 28.9 Å². The molecule has 0 radical (unpaired) electrons. The molecule has 4 aromatic carbocycles. The van der Waals surface area contributed by atoms with E-state index in [4.69, 9.17) is 9.98 Å². The highest BCUT2D eigenvalue weighted by Crippen LogP contribution is 2.36. The van der Waals surface area contributed by atoms with E-state index in [1.54, 1.807) is 12.4 Å². The van der Waals surface area contributed by atoms with Crippen molar-refractivity contribution in [3.8, 4) is 11.5 Å². The van der Waals surface area contributed by atoms with Crippen molar-refractivity contribution in [2.45, 2.75) is 81.1 Å². The number of benzene rings is 4. The maximum Gasteiger partial charge on any atom is 0.127 e. The van der Waals surface area contributed by atoms with E-state index in [1.807, 2.05) is 36.4 Å². The number of phenols is 2. The molecule has 0 fully saturated rings. The molecule has 4 rings (SSSR count). The molecule has 0 unspecified atom stereocenters. The van der Waals surface area contributed by atoms with E-state index in [9.17, 15) is 10.2 Å². The summed E-state index contributed by atoms with van der Waals surface area (Å²) in [6, 6.07) is 20.4. The molecule has 4 nitrogen and oxygen atoms in total. The third kappa shape index (κ3) is 7.67. The van der Waals surface area contributed by atoms with Gasteiger partial charge in [0.05, 0.1) is 11.4 Å². The van der Waals surface area contributed by atoms with Gasteiger partial charge in [0.25, 0.3) is 0 Å². The van der Waals surface area contributed by atoms with E-state index in [0.717, 1.165) is 70.1 Å². The second-order valence-corrected chi connectivity index (χ2v) is 13.7. The summed E-state index contributed by atoms with van der Waals surface area (Å²) >= 11 is 0. The molecular formula is C38H46N2O2. The van der Waals surface area contributed by atoms with Gasteiger partial charge >= 0.3 is 0 Å². The van der Waals surface area contributed by atoms with Gasteiger partial charge in [-0.05, 0) is 88.4 Å². The van der Waals surface area contributed by atoms with Crippen LogP contribution >= 0.6 is 0 Å². The zero-order valence-electron chi connectivity index (χ0n) is 26.5. The second kappa shape index (κ2) is 12.5. The lowest BCUT2D eigenvalue weighted by atomic mass is 9.86. The van der Waals surface area contributed by atoms with Crippen LogP contribution in [0.4, 0.5) is 11.4 Å². The maximum absolute atomic E-state index is 11.0. The summed E-state index contributed by atoms with van der Waals surface area (Å²) in [4.78, 5) is 9.77. The van der Waals surface area contributed by atoms with Crippen molar-refractivity contribution in [1.29, 1.82) is 0 Å².